The van der Waals surface area contributed by atoms with Gasteiger partial charge in [0.1, 0.15) is 17.5 Å². The van der Waals surface area contributed by atoms with Gasteiger partial charge in [0.2, 0.25) is 0 Å². The molecule has 150 valence electrons. The summed E-state index contributed by atoms with van der Waals surface area (Å²) in [7, 11) is 3.25. The first-order valence-corrected chi connectivity index (χ1v) is 9.68. The summed E-state index contributed by atoms with van der Waals surface area (Å²) in [6, 6.07) is 16.3. The summed E-state index contributed by atoms with van der Waals surface area (Å²) in [5, 5.41) is 3.53. The van der Waals surface area contributed by atoms with Crippen molar-refractivity contribution in [2.24, 2.45) is 0 Å². The van der Waals surface area contributed by atoms with E-state index >= 15 is 0 Å². The number of nitrogens with one attached hydrogen (secondary N) is 1. The number of methoxy groups -OCH3 is 2. The average Bonchev–Trinajstić information content (AvgIpc) is 3.21. The maximum atomic E-state index is 13.2. The van der Waals surface area contributed by atoms with Crippen molar-refractivity contribution in [3.05, 3.63) is 77.1 Å². The van der Waals surface area contributed by atoms with E-state index in [1.54, 1.807) is 26.4 Å². The smallest absolute Gasteiger partial charge is 0.322 e. The molecule has 1 aliphatic heterocycles. The van der Waals surface area contributed by atoms with Crippen LogP contribution in [0.3, 0.4) is 0 Å². The molecule has 6 nitrogen and oxygen atoms in total. The molecule has 1 aliphatic rings. The molecule has 4 rings (SSSR count). The van der Waals surface area contributed by atoms with Gasteiger partial charge in [0, 0.05) is 41.3 Å². The van der Waals surface area contributed by atoms with Crippen LogP contribution >= 0.6 is 11.6 Å². The summed E-state index contributed by atoms with van der Waals surface area (Å²) in [6.07, 6.45) is 2.03. The third kappa shape index (κ3) is 3.76. The highest BCUT2D eigenvalue weighted by atomic mass is 35.5. The summed E-state index contributed by atoms with van der Waals surface area (Å²) < 4.78 is 13.2. The lowest BCUT2D eigenvalue weighted by Crippen LogP contribution is -2.44. The van der Waals surface area contributed by atoms with E-state index in [0.29, 0.717) is 35.3 Å². The number of amides is 2. The fourth-order valence-corrected chi connectivity index (χ4v) is 3.93. The second-order valence-corrected chi connectivity index (χ2v) is 7.21. The van der Waals surface area contributed by atoms with E-state index in [1.165, 1.54) is 0 Å². The predicted molar refractivity (Wildman–Crippen MR) is 113 cm³/mol. The van der Waals surface area contributed by atoms with Crippen molar-refractivity contribution in [2.75, 3.05) is 26.1 Å². The van der Waals surface area contributed by atoms with Gasteiger partial charge >= 0.3 is 6.03 Å². The first-order valence-electron chi connectivity index (χ1n) is 9.31. The summed E-state index contributed by atoms with van der Waals surface area (Å²) >= 11 is 6.07. The number of carbonyl (C=O) groups is 1. The number of anilines is 1. The minimum atomic E-state index is -0.317. The van der Waals surface area contributed by atoms with Crippen molar-refractivity contribution >= 4 is 23.3 Å². The summed E-state index contributed by atoms with van der Waals surface area (Å²) in [4.78, 5) is 15.1. The second kappa shape index (κ2) is 8.09. The zero-order valence-corrected chi connectivity index (χ0v) is 17.0. The first kappa shape index (κ1) is 19.2. The Hall–Kier alpha value is -3.12. The van der Waals surface area contributed by atoms with Crippen molar-refractivity contribution in [3.63, 3.8) is 0 Å². The number of rotatable bonds is 4. The molecule has 0 bridgehead atoms. The number of hydrogen-bond acceptors (Lipinski definition) is 3. The van der Waals surface area contributed by atoms with Crippen molar-refractivity contribution < 1.29 is 14.3 Å². The topological polar surface area (TPSA) is 55.7 Å². The molecule has 0 saturated carbocycles. The van der Waals surface area contributed by atoms with Crippen molar-refractivity contribution in [2.45, 2.75) is 12.6 Å². The monoisotopic (exact) mass is 411 g/mol. The van der Waals surface area contributed by atoms with E-state index in [-0.39, 0.29) is 12.1 Å². The minimum Gasteiger partial charge on any atom is -0.497 e. The van der Waals surface area contributed by atoms with Gasteiger partial charge in [-0.2, -0.15) is 0 Å². The van der Waals surface area contributed by atoms with Crippen molar-refractivity contribution in [3.8, 4) is 11.5 Å². The largest absolute Gasteiger partial charge is 0.497 e. The highest BCUT2D eigenvalue weighted by Gasteiger charge is 2.34. The Balaban J connectivity index is 1.75. The molecule has 1 N–H and O–H groups in total. The minimum absolute atomic E-state index is 0.199. The van der Waals surface area contributed by atoms with Gasteiger partial charge in [-0.25, -0.2) is 4.79 Å². The maximum absolute atomic E-state index is 13.2. The number of hydrogen-bond donors (Lipinski definition) is 1. The van der Waals surface area contributed by atoms with Crippen LogP contribution in [-0.2, 0) is 6.54 Å². The van der Waals surface area contributed by atoms with Crippen LogP contribution in [0.25, 0.3) is 0 Å². The number of fused-ring (bicyclic) bond motifs is 1. The first-order chi connectivity index (χ1) is 14.1. The number of aromatic nitrogens is 1. The van der Waals surface area contributed by atoms with Crippen LogP contribution in [0.4, 0.5) is 10.5 Å². The van der Waals surface area contributed by atoms with Crippen LogP contribution in [0.2, 0.25) is 5.02 Å². The Kier molecular flexibility index (Phi) is 5.36. The van der Waals surface area contributed by atoms with E-state index in [2.05, 4.69) is 9.88 Å². The fraction of sp³-hybridized carbons (Fsp3) is 0.227. The molecule has 7 heteroatoms. The number of ether oxygens (including phenoxy) is 2. The third-order valence-electron chi connectivity index (χ3n) is 5.11. The Morgan fingerprint density at radius 3 is 2.69 bits per heavy atom. The van der Waals surface area contributed by atoms with Gasteiger partial charge in [-0.05, 0) is 48.5 Å². The predicted octanol–water partition coefficient (Wildman–Crippen LogP) is 4.80. The number of nitrogens with zero attached hydrogens (tertiary/aromatic N) is 2. The van der Waals surface area contributed by atoms with E-state index in [4.69, 9.17) is 21.1 Å². The van der Waals surface area contributed by atoms with Gasteiger partial charge in [-0.15, -0.1) is 0 Å². The van der Waals surface area contributed by atoms with Gasteiger partial charge in [-0.3, -0.25) is 0 Å². The summed E-state index contributed by atoms with van der Waals surface area (Å²) in [6.45, 7) is 1.27. The molecule has 2 amide bonds. The normalized spacial score (nSPS) is 15.6. The Morgan fingerprint density at radius 1 is 1.07 bits per heavy atom. The van der Waals surface area contributed by atoms with E-state index in [9.17, 15) is 4.79 Å². The molecular formula is C22H22ClN3O3. The summed E-state index contributed by atoms with van der Waals surface area (Å²) in [5.74, 6) is 1.41. The molecular weight excluding hydrogens is 390 g/mol. The van der Waals surface area contributed by atoms with E-state index < -0.39 is 0 Å². The Morgan fingerprint density at radius 2 is 1.93 bits per heavy atom. The van der Waals surface area contributed by atoms with Crippen LogP contribution in [0, 0.1) is 0 Å². The molecule has 3 aromatic rings. The van der Waals surface area contributed by atoms with Gasteiger partial charge in [0.15, 0.2) is 0 Å². The number of urea groups is 1. The molecule has 0 aliphatic carbocycles. The molecule has 1 aromatic heterocycles. The molecule has 0 unspecified atom stereocenters. The van der Waals surface area contributed by atoms with E-state index in [1.807, 2.05) is 53.6 Å². The van der Waals surface area contributed by atoms with Gasteiger partial charge in [0.25, 0.3) is 0 Å². The van der Waals surface area contributed by atoms with Crippen LogP contribution < -0.4 is 14.8 Å². The Labute approximate surface area is 174 Å². The summed E-state index contributed by atoms with van der Waals surface area (Å²) in [5.41, 5.74) is 2.54. The van der Waals surface area contributed by atoms with E-state index in [0.717, 1.165) is 11.3 Å². The van der Waals surface area contributed by atoms with Crippen LogP contribution in [-0.4, -0.2) is 36.3 Å². The van der Waals surface area contributed by atoms with Crippen LogP contribution in [0.1, 0.15) is 17.3 Å². The lowest BCUT2D eigenvalue weighted by atomic mass is 9.98. The Bertz CT molecular complexity index is 1030. The van der Waals surface area contributed by atoms with Crippen LogP contribution in [0.5, 0.6) is 11.5 Å². The molecule has 2 heterocycles. The molecule has 0 fully saturated rings. The van der Waals surface area contributed by atoms with Crippen molar-refractivity contribution in [1.29, 1.82) is 0 Å². The molecule has 0 spiro atoms. The fourth-order valence-electron chi connectivity index (χ4n) is 3.74. The number of carbonyl (C=O) groups excluding carboxylic acids is 1. The van der Waals surface area contributed by atoms with Crippen molar-refractivity contribution in [1.82, 2.24) is 9.47 Å². The number of benzene rings is 2. The molecule has 2 aromatic carbocycles. The molecule has 29 heavy (non-hydrogen) atoms. The van der Waals surface area contributed by atoms with Crippen LogP contribution in [0.15, 0.2) is 60.8 Å². The lowest BCUT2D eigenvalue weighted by molar-refractivity contribution is 0.180. The average molecular weight is 412 g/mol. The second-order valence-electron chi connectivity index (χ2n) is 6.77. The molecule has 1 atom stereocenters. The highest BCUT2D eigenvalue weighted by Crippen LogP contribution is 2.39. The SMILES string of the molecule is COc1ccc(OC)c([C@@H]2c3cccn3CCN2C(=O)Nc2cccc(Cl)c2)c1. The third-order valence-corrected chi connectivity index (χ3v) is 5.34. The highest BCUT2D eigenvalue weighted by molar-refractivity contribution is 6.30. The van der Waals surface area contributed by atoms with Gasteiger partial charge in [0.05, 0.1) is 14.2 Å². The van der Waals surface area contributed by atoms with Gasteiger partial charge in [-0.1, -0.05) is 17.7 Å². The number of halogens is 1. The van der Waals surface area contributed by atoms with Gasteiger partial charge < -0.3 is 24.3 Å². The molecule has 0 saturated heterocycles. The standard InChI is InChI=1S/C22H22ClN3O3/c1-28-17-8-9-20(29-2)18(14-17)21-19-7-4-10-25(19)11-12-26(21)22(27)24-16-6-3-5-15(23)13-16/h3-10,13-14,21H,11-12H2,1-2H3,(H,24,27)/t21-/m1/s1. The quantitative estimate of drug-likeness (QED) is 0.671. The molecule has 0 radical (unpaired) electrons. The zero-order chi connectivity index (χ0) is 20.4. The lowest BCUT2D eigenvalue weighted by Gasteiger charge is -2.37. The zero-order valence-electron chi connectivity index (χ0n) is 16.3. The maximum Gasteiger partial charge on any atom is 0.322 e.